The van der Waals surface area contributed by atoms with E-state index in [0.717, 1.165) is 25.9 Å². The number of esters is 1. The number of ether oxygens (including phenoxy) is 1. The van der Waals surface area contributed by atoms with Crippen molar-refractivity contribution in [1.82, 2.24) is 4.90 Å². The molecule has 4 heteroatoms. The molecule has 0 N–H and O–H groups in total. The van der Waals surface area contributed by atoms with Crippen molar-refractivity contribution < 1.29 is 9.53 Å². The van der Waals surface area contributed by atoms with Crippen LogP contribution in [0.15, 0.2) is 0 Å². The lowest BCUT2D eigenvalue weighted by atomic mass is 9.71. The van der Waals surface area contributed by atoms with Gasteiger partial charge in [0.1, 0.15) is 13.5 Å². The first-order valence-electron chi connectivity index (χ1n) is 7.37. The van der Waals surface area contributed by atoms with Gasteiger partial charge in [0, 0.05) is 19.0 Å². The Labute approximate surface area is 116 Å². The second-order valence-electron chi connectivity index (χ2n) is 7.15. The SMILES string of the molecule is C[Si](C)(C)C#C[C@@H]1CN2CCC[C@H]2[C@]12CCOC2=O. The Balaban J connectivity index is 1.95. The van der Waals surface area contributed by atoms with Crippen molar-refractivity contribution in [2.45, 2.75) is 44.9 Å². The first-order valence-corrected chi connectivity index (χ1v) is 10.9. The van der Waals surface area contributed by atoms with Gasteiger partial charge in [-0.1, -0.05) is 19.6 Å². The number of hydrogen-bond acceptors (Lipinski definition) is 3. The maximum absolute atomic E-state index is 12.4. The van der Waals surface area contributed by atoms with E-state index in [0.29, 0.717) is 12.6 Å². The van der Waals surface area contributed by atoms with Crippen molar-refractivity contribution in [3.63, 3.8) is 0 Å². The zero-order valence-corrected chi connectivity index (χ0v) is 13.2. The summed E-state index contributed by atoms with van der Waals surface area (Å²) in [5, 5.41) is 0. The van der Waals surface area contributed by atoms with Gasteiger partial charge < -0.3 is 4.74 Å². The maximum Gasteiger partial charge on any atom is 0.315 e. The molecule has 3 aliphatic heterocycles. The lowest BCUT2D eigenvalue weighted by molar-refractivity contribution is -0.148. The molecule has 0 radical (unpaired) electrons. The van der Waals surface area contributed by atoms with E-state index in [1.54, 1.807) is 0 Å². The third-order valence-corrected chi connectivity index (χ3v) is 5.64. The van der Waals surface area contributed by atoms with E-state index >= 15 is 0 Å². The van der Waals surface area contributed by atoms with E-state index in [4.69, 9.17) is 4.74 Å². The van der Waals surface area contributed by atoms with E-state index in [9.17, 15) is 4.79 Å². The van der Waals surface area contributed by atoms with Crippen molar-refractivity contribution in [1.29, 1.82) is 0 Å². The number of rotatable bonds is 0. The number of carbonyl (C=O) groups is 1. The van der Waals surface area contributed by atoms with Crippen LogP contribution in [-0.4, -0.2) is 44.7 Å². The van der Waals surface area contributed by atoms with Crippen molar-refractivity contribution >= 4 is 14.0 Å². The van der Waals surface area contributed by atoms with Gasteiger partial charge in [0.25, 0.3) is 0 Å². The van der Waals surface area contributed by atoms with Crippen LogP contribution in [0.3, 0.4) is 0 Å². The zero-order valence-electron chi connectivity index (χ0n) is 12.2. The van der Waals surface area contributed by atoms with Crippen molar-refractivity contribution in [2.24, 2.45) is 11.3 Å². The van der Waals surface area contributed by atoms with Gasteiger partial charge in [-0.15, -0.1) is 11.5 Å². The summed E-state index contributed by atoms with van der Waals surface area (Å²) in [6.07, 6.45) is 3.23. The second kappa shape index (κ2) is 4.36. The molecule has 0 aromatic carbocycles. The normalized spacial score (nSPS) is 38.2. The van der Waals surface area contributed by atoms with Crippen LogP contribution >= 0.6 is 0 Å². The molecule has 3 aliphatic rings. The smallest absolute Gasteiger partial charge is 0.315 e. The van der Waals surface area contributed by atoms with Gasteiger partial charge in [0.2, 0.25) is 0 Å². The quantitative estimate of drug-likeness (QED) is 0.385. The highest BCUT2D eigenvalue weighted by Gasteiger charge is 2.62. The molecule has 3 heterocycles. The predicted octanol–water partition coefficient (Wildman–Crippen LogP) is 1.89. The van der Waals surface area contributed by atoms with Gasteiger partial charge in [-0.25, -0.2) is 0 Å². The summed E-state index contributed by atoms with van der Waals surface area (Å²) in [6, 6.07) is 0.392. The monoisotopic (exact) mass is 277 g/mol. The summed E-state index contributed by atoms with van der Waals surface area (Å²) in [5.74, 6) is 3.70. The predicted molar refractivity (Wildman–Crippen MR) is 77.2 cm³/mol. The molecule has 0 saturated carbocycles. The van der Waals surface area contributed by atoms with Crippen LogP contribution in [0.4, 0.5) is 0 Å². The van der Waals surface area contributed by atoms with Gasteiger partial charge >= 0.3 is 5.97 Å². The standard InChI is InChI=1S/C15H23NO2Si/c1-19(2,3)10-6-12-11-16-8-4-5-13(16)15(12)7-9-18-14(15)17/h12-13H,4-5,7-9,11H2,1-3H3/t12-,13+,15+/m1/s1. The molecule has 3 atom stereocenters. The second-order valence-corrected chi connectivity index (χ2v) is 11.9. The van der Waals surface area contributed by atoms with Crippen molar-refractivity contribution in [3.8, 4) is 11.5 Å². The van der Waals surface area contributed by atoms with Crippen LogP contribution in [0.5, 0.6) is 0 Å². The van der Waals surface area contributed by atoms with Gasteiger partial charge in [-0.3, -0.25) is 9.69 Å². The van der Waals surface area contributed by atoms with Crippen molar-refractivity contribution in [3.05, 3.63) is 0 Å². The zero-order chi connectivity index (χ0) is 13.7. The molecule has 0 aliphatic carbocycles. The van der Waals surface area contributed by atoms with Crippen molar-refractivity contribution in [2.75, 3.05) is 19.7 Å². The fraction of sp³-hybridized carbons (Fsp3) is 0.800. The van der Waals surface area contributed by atoms with Crippen LogP contribution < -0.4 is 0 Å². The average molecular weight is 277 g/mol. The Bertz CT molecular complexity index is 459. The van der Waals surface area contributed by atoms with Crippen LogP contribution in [0, 0.1) is 22.8 Å². The molecule has 0 aromatic heterocycles. The summed E-state index contributed by atoms with van der Waals surface area (Å²) in [7, 11) is -1.38. The molecular formula is C15H23NO2Si. The highest BCUT2D eigenvalue weighted by molar-refractivity contribution is 6.83. The number of hydrogen-bond donors (Lipinski definition) is 0. The summed E-state index contributed by atoms with van der Waals surface area (Å²) in [4.78, 5) is 14.9. The fourth-order valence-electron chi connectivity index (χ4n) is 3.90. The van der Waals surface area contributed by atoms with Gasteiger partial charge in [-0.2, -0.15) is 0 Å². The van der Waals surface area contributed by atoms with E-state index in [1.165, 1.54) is 6.42 Å². The third-order valence-electron chi connectivity index (χ3n) is 4.75. The molecular weight excluding hydrogens is 254 g/mol. The molecule has 1 spiro atoms. The Morgan fingerprint density at radius 3 is 2.84 bits per heavy atom. The minimum absolute atomic E-state index is 0.0248. The molecule has 3 rings (SSSR count). The Kier molecular flexibility index (Phi) is 3.03. The third kappa shape index (κ3) is 2.04. The van der Waals surface area contributed by atoms with E-state index in [-0.39, 0.29) is 17.3 Å². The van der Waals surface area contributed by atoms with E-state index in [2.05, 4.69) is 36.0 Å². The highest BCUT2D eigenvalue weighted by Crippen LogP contribution is 2.51. The number of cyclic esters (lactones) is 1. The molecule has 0 bridgehead atoms. The molecule has 3 fully saturated rings. The number of nitrogens with zero attached hydrogens (tertiary/aromatic N) is 1. The van der Waals surface area contributed by atoms with Gasteiger partial charge in [0.05, 0.1) is 12.5 Å². The summed E-state index contributed by atoms with van der Waals surface area (Å²) in [6.45, 7) is 9.47. The van der Waals surface area contributed by atoms with Crippen LogP contribution in [-0.2, 0) is 9.53 Å². The minimum Gasteiger partial charge on any atom is -0.465 e. The summed E-state index contributed by atoms with van der Waals surface area (Å²) < 4.78 is 5.34. The number of fused-ring (bicyclic) bond motifs is 2. The minimum atomic E-state index is -1.38. The average Bonchev–Trinajstić information content (AvgIpc) is 2.95. The molecule has 19 heavy (non-hydrogen) atoms. The highest BCUT2D eigenvalue weighted by atomic mass is 28.3. The van der Waals surface area contributed by atoms with E-state index in [1.807, 2.05) is 0 Å². The molecule has 0 aromatic rings. The largest absolute Gasteiger partial charge is 0.465 e. The topological polar surface area (TPSA) is 29.5 Å². The molecule has 3 nitrogen and oxygen atoms in total. The molecule has 3 saturated heterocycles. The Morgan fingerprint density at radius 2 is 2.21 bits per heavy atom. The first-order chi connectivity index (χ1) is 8.93. The Hall–Kier alpha value is -0.793. The van der Waals surface area contributed by atoms with Crippen LogP contribution in [0.25, 0.3) is 0 Å². The maximum atomic E-state index is 12.4. The van der Waals surface area contributed by atoms with Gasteiger partial charge in [-0.05, 0) is 19.4 Å². The number of carbonyl (C=O) groups excluding carboxylic acids is 1. The lowest BCUT2D eigenvalue weighted by Crippen LogP contribution is -2.41. The lowest BCUT2D eigenvalue weighted by Gasteiger charge is -2.29. The van der Waals surface area contributed by atoms with Gasteiger partial charge in [0.15, 0.2) is 0 Å². The summed E-state index contributed by atoms with van der Waals surface area (Å²) >= 11 is 0. The fourth-order valence-corrected chi connectivity index (χ4v) is 4.51. The molecule has 104 valence electrons. The molecule has 0 amide bonds. The first kappa shape index (κ1) is 13.2. The Morgan fingerprint density at radius 1 is 1.42 bits per heavy atom. The summed E-state index contributed by atoms with van der Waals surface area (Å²) in [5.41, 5.74) is 3.18. The van der Waals surface area contributed by atoms with Crippen LogP contribution in [0.2, 0.25) is 19.6 Å². The van der Waals surface area contributed by atoms with E-state index < -0.39 is 8.07 Å². The van der Waals surface area contributed by atoms with Crippen LogP contribution in [0.1, 0.15) is 19.3 Å². The molecule has 0 unspecified atom stereocenters.